The highest BCUT2D eigenvalue weighted by molar-refractivity contribution is 5.06. The zero-order chi connectivity index (χ0) is 12.2. The number of hydrogen-bond acceptors (Lipinski definition) is 4. The van der Waals surface area contributed by atoms with Crippen molar-refractivity contribution in [2.24, 2.45) is 5.84 Å². The molecule has 5 nitrogen and oxygen atoms in total. The number of rotatable bonds is 5. The first-order valence-corrected chi connectivity index (χ1v) is 5.59. The van der Waals surface area contributed by atoms with E-state index in [4.69, 9.17) is 10.6 Å². The van der Waals surface area contributed by atoms with Gasteiger partial charge in [0, 0.05) is 12.7 Å². The van der Waals surface area contributed by atoms with Crippen molar-refractivity contribution in [3.63, 3.8) is 0 Å². The summed E-state index contributed by atoms with van der Waals surface area (Å²) in [6.45, 7) is 9.49. The minimum atomic E-state index is -0.161. The molecule has 0 fully saturated rings. The second-order valence-electron chi connectivity index (χ2n) is 4.71. The summed E-state index contributed by atoms with van der Waals surface area (Å²) in [6.07, 6.45) is 1.78. The molecule has 3 N–H and O–H groups in total. The first kappa shape index (κ1) is 13.2. The largest absolute Gasteiger partial charge is 0.374 e. The molecule has 1 aromatic rings. The monoisotopic (exact) mass is 226 g/mol. The lowest BCUT2D eigenvalue weighted by atomic mass is 10.1. The van der Waals surface area contributed by atoms with E-state index < -0.39 is 0 Å². The Morgan fingerprint density at radius 2 is 2.25 bits per heavy atom. The molecule has 16 heavy (non-hydrogen) atoms. The van der Waals surface area contributed by atoms with Crippen LogP contribution in [0, 0.1) is 0 Å². The minimum absolute atomic E-state index is 0.0262. The second kappa shape index (κ2) is 5.43. The van der Waals surface area contributed by atoms with Gasteiger partial charge in [-0.2, -0.15) is 5.10 Å². The maximum atomic E-state index is 5.72. The molecule has 0 saturated carbocycles. The first-order valence-electron chi connectivity index (χ1n) is 5.59. The molecule has 92 valence electrons. The van der Waals surface area contributed by atoms with Gasteiger partial charge in [0.05, 0.1) is 23.9 Å². The van der Waals surface area contributed by atoms with Crippen molar-refractivity contribution in [2.75, 3.05) is 6.61 Å². The Morgan fingerprint density at radius 3 is 2.75 bits per heavy atom. The van der Waals surface area contributed by atoms with Gasteiger partial charge in [-0.05, 0) is 33.8 Å². The summed E-state index contributed by atoms with van der Waals surface area (Å²) in [5.74, 6) is 5.55. The predicted octanol–water partition coefficient (Wildman–Crippen LogP) is 1.22. The van der Waals surface area contributed by atoms with Gasteiger partial charge in [-0.3, -0.25) is 10.5 Å². The van der Waals surface area contributed by atoms with Crippen molar-refractivity contribution >= 4 is 0 Å². The normalized spacial score (nSPS) is 14.1. The number of nitrogens with zero attached hydrogens (tertiary/aromatic N) is 2. The van der Waals surface area contributed by atoms with E-state index in [1.165, 1.54) is 0 Å². The number of aromatic nitrogens is 2. The summed E-state index contributed by atoms with van der Waals surface area (Å²) in [6, 6.07) is 1.93. The molecule has 1 atom stereocenters. The number of hydrazine groups is 1. The van der Waals surface area contributed by atoms with Crippen LogP contribution in [0.2, 0.25) is 0 Å². The van der Waals surface area contributed by atoms with Crippen LogP contribution < -0.4 is 11.3 Å². The summed E-state index contributed by atoms with van der Waals surface area (Å²) < 4.78 is 7.64. The van der Waals surface area contributed by atoms with E-state index in [9.17, 15) is 0 Å². The van der Waals surface area contributed by atoms with Crippen molar-refractivity contribution in [1.82, 2.24) is 15.2 Å². The van der Waals surface area contributed by atoms with Crippen LogP contribution in [0.1, 0.15) is 39.4 Å². The molecule has 0 aliphatic carbocycles. The van der Waals surface area contributed by atoms with Gasteiger partial charge in [-0.1, -0.05) is 0 Å². The van der Waals surface area contributed by atoms with E-state index in [-0.39, 0.29) is 11.6 Å². The summed E-state index contributed by atoms with van der Waals surface area (Å²) in [4.78, 5) is 0. The number of nitrogens with one attached hydrogen (secondary N) is 1. The number of ether oxygens (including phenoxy) is 1. The van der Waals surface area contributed by atoms with E-state index in [0.29, 0.717) is 6.61 Å². The van der Waals surface area contributed by atoms with Gasteiger partial charge in [0.1, 0.15) is 0 Å². The Kier molecular flexibility index (Phi) is 4.46. The average molecular weight is 226 g/mol. The third-order valence-electron chi connectivity index (χ3n) is 2.29. The van der Waals surface area contributed by atoms with Crippen LogP contribution >= 0.6 is 0 Å². The minimum Gasteiger partial charge on any atom is -0.374 e. The van der Waals surface area contributed by atoms with Gasteiger partial charge in [0.25, 0.3) is 0 Å². The van der Waals surface area contributed by atoms with Crippen molar-refractivity contribution in [1.29, 1.82) is 0 Å². The predicted molar refractivity (Wildman–Crippen MR) is 63.7 cm³/mol. The van der Waals surface area contributed by atoms with Crippen molar-refractivity contribution in [3.8, 4) is 0 Å². The average Bonchev–Trinajstić information content (AvgIpc) is 2.65. The van der Waals surface area contributed by atoms with Crippen LogP contribution in [0.4, 0.5) is 0 Å². The van der Waals surface area contributed by atoms with Crippen LogP contribution in [0.5, 0.6) is 0 Å². The zero-order valence-electron chi connectivity index (χ0n) is 10.5. The molecule has 0 aliphatic rings. The van der Waals surface area contributed by atoms with Gasteiger partial charge in [-0.15, -0.1) is 0 Å². The summed E-state index contributed by atoms with van der Waals surface area (Å²) in [5.41, 5.74) is 3.66. The van der Waals surface area contributed by atoms with Crippen LogP contribution in [0.25, 0.3) is 0 Å². The highest BCUT2D eigenvalue weighted by atomic mass is 16.5. The van der Waals surface area contributed by atoms with E-state index in [1.54, 1.807) is 6.20 Å². The Bertz CT molecular complexity index is 316. The third kappa shape index (κ3) is 3.59. The summed E-state index contributed by atoms with van der Waals surface area (Å²) >= 11 is 0. The maximum Gasteiger partial charge on any atom is 0.0862 e. The van der Waals surface area contributed by atoms with Crippen LogP contribution in [0.3, 0.4) is 0 Å². The Labute approximate surface area is 96.9 Å². The lowest BCUT2D eigenvalue weighted by Gasteiger charge is -2.24. The SMILES string of the molecule is CCn1nccc1C(COC(C)(C)C)NN. The van der Waals surface area contributed by atoms with E-state index >= 15 is 0 Å². The molecule has 0 saturated heterocycles. The standard InChI is InChI=1S/C11H22N4O/c1-5-15-10(6-7-13-15)9(14-12)8-16-11(2,3)4/h6-7,9,14H,5,8,12H2,1-4H3. The van der Waals surface area contributed by atoms with Gasteiger partial charge < -0.3 is 4.74 Å². The zero-order valence-corrected chi connectivity index (χ0v) is 10.5. The van der Waals surface area contributed by atoms with Crippen LogP contribution in [-0.2, 0) is 11.3 Å². The lowest BCUT2D eigenvalue weighted by Crippen LogP contribution is -2.35. The molecule has 0 amide bonds. The van der Waals surface area contributed by atoms with Crippen molar-refractivity contribution in [2.45, 2.75) is 45.9 Å². The highest BCUT2D eigenvalue weighted by Gasteiger charge is 2.18. The highest BCUT2D eigenvalue weighted by Crippen LogP contribution is 2.16. The molecule has 1 heterocycles. The molecule has 5 heteroatoms. The molecule has 0 spiro atoms. The molecular formula is C11H22N4O. The van der Waals surface area contributed by atoms with Crippen LogP contribution in [-0.4, -0.2) is 22.0 Å². The molecule has 1 unspecified atom stereocenters. The summed E-state index contributed by atoms with van der Waals surface area (Å²) in [7, 11) is 0. The molecule has 1 rings (SSSR count). The number of nitrogens with two attached hydrogens (primary N) is 1. The third-order valence-corrected chi connectivity index (χ3v) is 2.29. The first-order chi connectivity index (χ1) is 7.48. The molecule has 0 bridgehead atoms. The fraction of sp³-hybridized carbons (Fsp3) is 0.727. The maximum absolute atomic E-state index is 5.72. The van der Waals surface area contributed by atoms with Crippen LogP contribution in [0.15, 0.2) is 12.3 Å². The Morgan fingerprint density at radius 1 is 1.56 bits per heavy atom. The molecule has 0 aromatic carbocycles. The van der Waals surface area contributed by atoms with Gasteiger partial charge in [0.15, 0.2) is 0 Å². The Balaban J connectivity index is 2.67. The smallest absolute Gasteiger partial charge is 0.0862 e. The second-order valence-corrected chi connectivity index (χ2v) is 4.71. The van der Waals surface area contributed by atoms with E-state index in [2.05, 4.69) is 17.4 Å². The van der Waals surface area contributed by atoms with E-state index in [1.807, 2.05) is 31.5 Å². The Hall–Kier alpha value is -0.910. The number of aryl methyl sites for hydroxylation is 1. The fourth-order valence-corrected chi connectivity index (χ4v) is 1.46. The van der Waals surface area contributed by atoms with E-state index in [0.717, 1.165) is 12.2 Å². The van der Waals surface area contributed by atoms with Gasteiger partial charge in [-0.25, -0.2) is 5.43 Å². The topological polar surface area (TPSA) is 65.1 Å². The van der Waals surface area contributed by atoms with Crippen molar-refractivity contribution in [3.05, 3.63) is 18.0 Å². The van der Waals surface area contributed by atoms with Gasteiger partial charge in [0.2, 0.25) is 0 Å². The molecule has 0 radical (unpaired) electrons. The molecule has 1 aromatic heterocycles. The van der Waals surface area contributed by atoms with Crippen molar-refractivity contribution < 1.29 is 4.74 Å². The number of hydrogen-bond donors (Lipinski definition) is 2. The quantitative estimate of drug-likeness (QED) is 0.585. The summed E-state index contributed by atoms with van der Waals surface area (Å²) in [5, 5.41) is 4.21. The van der Waals surface area contributed by atoms with Gasteiger partial charge >= 0.3 is 0 Å². The molecule has 0 aliphatic heterocycles. The lowest BCUT2D eigenvalue weighted by molar-refractivity contribution is -0.0158. The fourth-order valence-electron chi connectivity index (χ4n) is 1.46. The molecular weight excluding hydrogens is 204 g/mol.